The maximum atomic E-state index is 13.4. The van der Waals surface area contributed by atoms with Crippen LogP contribution in [-0.4, -0.2) is 53.5 Å². The van der Waals surface area contributed by atoms with Crippen LogP contribution in [0.1, 0.15) is 56.2 Å². The Labute approximate surface area is 195 Å². The average molecular weight is 458 g/mol. The predicted octanol–water partition coefficient (Wildman–Crippen LogP) is 4.78. The highest BCUT2D eigenvalue weighted by Crippen LogP contribution is 2.34. The van der Waals surface area contributed by atoms with Gasteiger partial charge >= 0.3 is 6.03 Å². The Balaban J connectivity index is 1.76. The lowest BCUT2D eigenvalue weighted by Gasteiger charge is -2.37. The maximum absolute atomic E-state index is 13.4. The van der Waals surface area contributed by atoms with Crippen molar-refractivity contribution in [2.75, 3.05) is 26.2 Å². The number of fused-ring (bicyclic) bond motifs is 1. The minimum absolute atomic E-state index is 0.0438. The number of nitrogens with zero attached hydrogens (tertiary/aromatic N) is 2. The zero-order valence-electron chi connectivity index (χ0n) is 19.8. The summed E-state index contributed by atoms with van der Waals surface area (Å²) in [4.78, 5) is 31.0. The second-order valence-electron chi connectivity index (χ2n) is 9.33. The van der Waals surface area contributed by atoms with Gasteiger partial charge in [-0.2, -0.15) is 0 Å². The van der Waals surface area contributed by atoms with Crippen LogP contribution in [0.5, 0.6) is 5.75 Å². The summed E-state index contributed by atoms with van der Waals surface area (Å²) in [5, 5.41) is 5.06. The number of ether oxygens (including phenoxy) is 1. The van der Waals surface area contributed by atoms with Crippen molar-refractivity contribution in [3.8, 4) is 5.75 Å². The van der Waals surface area contributed by atoms with Crippen LogP contribution in [0, 0.1) is 6.92 Å². The SMILES string of the molecule is CCCN(CC(=O)N1CCc2sccc2[C@@H]1COc1ccccc1C)C(=O)NC(C)(C)C. The largest absolute Gasteiger partial charge is 0.491 e. The van der Waals surface area contributed by atoms with Crippen LogP contribution in [0.4, 0.5) is 4.79 Å². The number of hydrogen-bond acceptors (Lipinski definition) is 4. The van der Waals surface area contributed by atoms with Crippen molar-refractivity contribution in [1.82, 2.24) is 15.1 Å². The Bertz CT molecular complexity index is 935. The van der Waals surface area contributed by atoms with Crippen LogP contribution in [0.15, 0.2) is 35.7 Å². The third-order valence-corrected chi connectivity index (χ3v) is 6.49. The standard InChI is InChI=1S/C25H35N3O3S/c1-6-13-27(24(30)26-25(3,4)5)16-23(29)28-14-11-22-19(12-15-32-22)20(28)17-31-21-10-8-7-9-18(21)2/h7-10,12,15,20H,6,11,13-14,16-17H2,1-5H3,(H,26,30)/t20-/m0/s1. The number of para-hydroxylation sites is 1. The fourth-order valence-electron chi connectivity index (χ4n) is 3.94. The first-order chi connectivity index (χ1) is 15.2. The molecule has 0 saturated carbocycles. The first kappa shape index (κ1) is 24.1. The lowest BCUT2D eigenvalue weighted by atomic mass is 10.0. The molecule has 32 heavy (non-hydrogen) atoms. The summed E-state index contributed by atoms with van der Waals surface area (Å²) in [6.07, 6.45) is 1.63. The van der Waals surface area contributed by atoms with Crippen molar-refractivity contribution in [2.45, 2.75) is 59.0 Å². The molecule has 1 N–H and O–H groups in total. The molecule has 0 saturated heterocycles. The fourth-order valence-corrected chi connectivity index (χ4v) is 4.87. The highest BCUT2D eigenvalue weighted by Gasteiger charge is 2.33. The Morgan fingerprint density at radius 1 is 1.25 bits per heavy atom. The van der Waals surface area contributed by atoms with Gasteiger partial charge in [0.15, 0.2) is 0 Å². The number of carbonyl (C=O) groups is 2. The van der Waals surface area contributed by atoms with Gasteiger partial charge in [-0.15, -0.1) is 11.3 Å². The number of carbonyl (C=O) groups excluding carboxylic acids is 2. The van der Waals surface area contributed by atoms with E-state index in [9.17, 15) is 9.59 Å². The number of benzene rings is 1. The van der Waals surface area contributed by atoms with Crippen LogP contribution in [0.25, 0.3) is 0 Å². The van der Waals surface area contributed by atoms with E-state index in [1.54, 1.807) is 16.2 Å². The molecule has 1 aliphatic heterocycles. The van der Waals surface area contributed by atoms with Gasteiger partial charge in [-0.25, -0.2) is 4.79 Å². The smallest absolute Gasteiger partial charge is 0.318 e. The van der Waals surface area contributed by atoms with E-state index >= 15 is 0 Å². The minimum atomic E-state index is -0.354. The molecule has 3 rings (SSSR count). The molecule has 7 heteroatoms. The van der Waals surface area contributed by atoms with Gasteiger partial charge in [0.1, 0.15) is 18.9 Å². The first-order valence-electron chi connectivity index (χ1n) is 11.3. The molecular weight excluding hydrogens is 422 g/mol. The van der Waals surface area contributed by atoms with E-state index < -0.39 is 0 Å². The highest BCUT2D eigenvalue weighted by molar-refractivity contribution is 7.10. The van der Waals surface area contributed by atoms with Crippen molar-refractivity contribution in [3.05, 3.63) is 51.7 Å². The van der Waals surface area contributed by atoms with Gasteiger partial charge in [0, 0.05) is 23.5 Å². The Morgan fingerprint density at radius 2 is 2.00 bits per heavy atom. The second-order valence-corrected chi connectivity index (χ2v) is 10.3. The quantitative estimate of drug-likeness (QED) is 0.651. The van der Waals surface area contributed by atoms with E-state index in [0.29, 0.717) is 19.7 Å². The summed E-state index contributed by atoms with van der Waals surface area (Å²) < 4.78 is 6.17. The summed E-state index contributed by atoms with van der Waals surface area (Å²) in [5.74, 6) is 0.789. The van der Waals surface area contributed by atoms with E-state index in [1.165, 1.54) is 4.88 Å². The molecule has 174 valence electrons. The van der Waals surface area contributed by atoms with Crippen LogP contribution in [0.2, 0.25) is 0 Å². The van der Waals surface area contributed by atoms with Crippen LogP contribution >= 0.6 is 11.3 Å². The second kappa shape index (κ2) is 10.4. The molecule has 0 aliphatic carbocycles. The Morgan fingerprint density at radius 3 is 2.69 bits per heavy atom. The van der Waals surface area contributed by atoms with Crippen molar-refractivity contribution in [1.29, 1.82) is 0 Å². The summed E-state index contributed by atoms with van der Waals surface area (Å²) in [6.45, 7) is 11.5. The van der Waals surface area contributed by atoms with Gasteiger partial charge < -0.3 is 19.9 Å². The first-order valence-corrected chi connectivity index (χ1v) is 12.2. The van der Waals surface area contributed by atoms with Crippen LogP contribution in [-0.2, 0) is 11.2 Å². The number of rotatable bonds is 7. The summed E-state index contributed by atoms with van der Waals surface area (Å²) in [7, 11) is 0. The van der Waals surface area contributed by atoms with E-state index in [-0.39, 0.29) is 30.1 Å². The van der Waals surface area contributed by atoms with Gasteiger partial charge in [-0.05, 0) is 69.2 Å². The van der Waals surface area contributed by atoms with Crippen LogP contribution < -0.4 is 10.1 Å². The molecule has 1 aromatic heterocycles. The van der Waals surface area contributed by atoms with Gasteiger partial charge in [0.2, 0.25) is 5.91 Å². The minimum Gasteiger partial charge on any atom is -0.491 e. The monoisotopic (exact) mass is 457 g/mol. The number of urea groups is 1. The Hall–Kier alpha value is -2.54. The summed E-state index contributed by atoms with van der Waals surface area (Å²) in [6, 6.07) is 9.66. The van der Waals surface area contributed by atoms with E-state index in [0.717, 1.165) is 29.7 Å². The molecule has 0 fully saturated rings. The normalized spacial score (nSPS) is 15.8. The zero-order chi connectivity index (χ0) is 23.3. The van der Waals surface area contributed by atoms with Crippen molar-refractivity contribution < 1.29 is 14.3 Å². The van der Waals surface area contributed by atoms with Crippen molar-refractivity contribution in [3.63, 3.8) is 0 Å². The third kappa shape index (κ3) is 6.03. The fraction of sp³-hybridized carbons (Fsp3) is 0.520. The topological polar surface area (TPSA) is 61.9 Å². The maximum Gasteiger partial charge on any atom is 0.318 e. The molecule has 0 unspecified atom stereocenters. The number of thiophene rings is 1. The predicted molar refractivity (Wildman–Crippen MR) is 129 cm³/mol. The molecule has 2 heterocycles. The number of amides is 3. The van der Waals surface area contributed by atoms with Crippen molar-refractivity contribution >= 4 is 23.3 Å². The number of nitrogens with one attached hydrogen (secondary N) is 1. The summed E-state index contributed by atoms with van der Waals surface area (Å²) in [5.41, 5.74) is 1.87. The zero-order valence-corrected chi connectivity index (χ0v) is 20.6. The highest BCUT2D eigenvalue weighted by atomic mass is 32.1. The molecular formula is C25H35N3O3S. The third-order valence-electron chi connectivity index (χ3n) is 5.49. The van der Waals surface area contributed by atoms with E-state index in [2.05, 4.69) is 16.8 Å². The molecule has 1 aliphatic rings. The van der Waals surface area contributed by atoms with Gasteiger partial charge in [0.25, 0.3) is 0 Å². The van der Waals surface area contributed by atoms with Gasteiger partial charge in [-0.1, -0.05) is 25.1 Å². The average Bonchev–Trinajstić information content (AvgIpc) is 3.20. The number of aryl methyl sites for hydroxylation is 1. The van der Waals surface area contributed by atoms with Crippen LogP contribution in [0.3, 0.4) is 0 Å². The molecule has 0 radical (unpaired) electrons. The molecule has 0 spiro atoms. The van der Waals surface area contributed by atoms with E-state index in [1.807, 2.05) is 63.8 Å². The lowest BCUT2D eigenvalue weighted by Crippen LogP contribution is -2.53. The number of hydrogen-bond donors (Lipinski definition) is 1. The lowest BCUT2D eigenvalue weighted by molar-refractivity contribution is -0.135. The molecule has 1 aromatic carbocycles. The molecule has 3 amide bonds. The molecule has 1 atom stereocenters. The molecule has 6 nitrogen and oxygen atoms in total. The van der Waals surface area contributed by atoms with Gasteiger partial charge in [0.05, 0.1) is 6.04 Å². The summed E-state index contributed by atoms with van der Waals surface area (Å²) >= 11 is 1.73. The molecule has 2 aromatic rings. The Kier molecular flexibility index (Phi) is 7.82. The molecule has 0 bridgehead atoms. The van der Waals surface area contributed by atoms with E-state index in [4.69, 9.17) is 4.74 Å². The van der Waals surface area contributed by atoms with Gasteiger partial charge in [-0.3, -0.25) is 4.79 Å². The van der Waals surface area contributed by atoms with Crippen molar-refractivity contribution in [2.24, 2.45) is 0 Å².